The lowest BCUT2D eigenvalue weighted by atomic mass is 10.0. The van der Waals surface area contributed by atoms with Crippen molar-refractivity contribution in [2.24, 2.45) is 0 Å². The van der Waals surface area contributed by atoms with Crippen LogP contribution in [0.4, 0.5) is 29.5 Å². The summed E-state index contributed by atoms with van der Waals surface area (Å²) in [6, 6.07) is 7.51. The first kappa shape index (κ1) is 24.6. The normalized spacial score (nSPS) is 19.6. The third kappa shape index (κ3) is 4.54. The second-order valence-electron chi connectivity index (χ2n) is 10.2. The number of alkyl halides is 2. The van der Waals surface area contributed by atoms with E-state index in [2.05, 4.69) is 25.5 Å². The Balaban J connectivity index is 1.29. The molecule has 2 aliphatic heterocycles. The van der Waals surface area contributed by atoms with Gasteiger partial charge in [-0.3, -0.25) is 0 Å². The van der Waals surface area contributed by atoms with Gasteiger partial charge in [-0.25, -0.2) is 27.9 Å². The van der Waals surface area contributed by atoms with Crippen molar-refractivity contribution in [2.45, 2.75) is 51.2 Å². The van der Waals surface area contributed by atoms with E-state index in [1.165, 1.54) is 12.1 Å². The summed E-state index contributed by atoms with van der Waals surface area (Å²) in [7, 11) is 0. The average molecular weight is 527 g/mol. The van der Waals surface area contributed by atoms with Crippen molar-refractivity contribution in [3.8, 4) is 5.75 Å². The molecule has 11 heteroatoms. The average Bonchev–Trinajstić information content (AvgIpc) is 3.71. The third-order valence-corrected chi connectivity index (χ3v) is 7.42. The predicted octanol–water partition coefficient (Wildman–Crippen LogP) is 4.94. The number of rotatable bonds is 5. The number of hydrogen-bond acceptors (Lipinski definition) is 6. The number of halogens is 3. The van der Waals surface area contributed by atoms with E-state index < -0.39 is 23.8 Å². The van der Waals surface area contributed by atoms with Crippen LogP contribution in [0.2, 0.25) is 0 Å². The van der Waals surface area contributed by atoms with Crippen LogP contribution < -0.4 is 20.3 Å². The fourth-order valence-electron chi connectivity index (χ4n) is 5.24. The molecule has 1 aromatic heterocycles. The number of ether oxygens (including phenoxy) is 1. The Bertz CT molecular complexity index is 1400. The second-order valence-corrected chi connectivity index (χ2v) is 10.2. The van der Waals surface area contributed by atoms with Crippen molar-refractivity contribution in [3.05, 3.63) is 53.1 Å². The topological polar surface area (TPSA) is 82.6 Å². The molecule has 200 valence electrons. The lowest BCUT2D eigenvalue weighted by Gasteiger charge is -2.45. The number of piperazine rings is 1. The quantitative estimate of drug-likeness (QED) is 0.490. The van der Waals surface area contributed by atoms with Gasteiger partial charge in [-0.2, -0.15) is 0 Å². The molecule has 3 aromatic rings. The minimum Gasteiger partial charge on any atom is -0.489 e. The number of benzene rings is 2. The summed E-state index contributed by atoms with van der Waals surface area (Å²) in [4.78, 5) is 25.8. The van der Waals surface area contributed by atoms with Crippen LogP contribution in [-0.2, 0) is 0 Å². The van der Waals surface area contributed by atoms with E-state index >= 15 is 0 Å². The molecule has 2 aromatic carbocycles. The monoisotopic (exact) mass is 526 g/mol. The van der Waals surface area contributed by atoms with Crippen molar-refractivity contribution in [3.63, 3.8) is 0 Å². The summed E-state index contributed by atoms with van der Waals surface area (Å²) in [5, 5.41) is 6.99. The molecule has 2 N–H and O–H groups in total. The highest BCUT2D eigenvalue weighted by atomic mass is 19.3. The van der Waals surface area contributed by atoms with Gasteiger partial charge >= 0.3 is 6.03 Å². The van der Waals surface area contributed by atoms with Crippen LogP contribution in [0.5, 0.6) is 5.75 Å². The van der Waals surface area contributed by atoms with Crippen molar-refractivity contribution in [1.29, 1.82) is 0 Å². The van der Waals surface area contributed by atoms with Crippen LogP contribution in [0.25, 0.3) is 10.9 Å². The molecule has 1 saturated carbocycles. The number of aryl methyl sites for hydroxylation is 1. The first-order valence-electron chi connectivity index (χ1n) is 12.9. The summed E-state index contributed by atoms with van der Waals surface area (Å²) in [5.41, 5.74) is 1.05. The van der Waals surface area contributed by atoms with Crippen molar-refractivity contribution < 1.29 is 22.7 Å². The van der Waals surface area contributed by atoms with Gasteiger partial charge in [0.2, 0.25) is 0 Å². The van der Waals surface area contributed by atoms with E-state index in [0.29, 0.717) is 60.6 Å². The summed E-state index contributed by atoms with van der Waals surface area (Å²) in [6.45, 7) is 5.73. The Kier molecular flexibility index (Phi) is 6.16. The first-order valence-corrected chi connectivity index (χ1v) is 12.9. The maximum atomic E-state index is 14.8. The van der Waals surface area contributed by atoms with Gasteiger partial charge in [0.1, 0.15) is 29.8 Å². The molecular formula is C27H29F3N6O2. The molecular weight excluding hydrogens is 497 g/mol. The Labute approximate surface area is 218 Å². The van der Waals surface area contributed by atoms with Gasteiger partial charge in [-0.05, 0) is 32.8 Å². The molecule has 2 fully saturated rings. The summed E-state index contributed by atoms with van der Waals surface area (Å²) >= 11 is 0. The molecule has 1 saturated heterocycles. The number of fused-ring (bicyclic) bond motifs is 4. The summed E-state index contributed by atoms with van der Waals surface area (Å²) in [5.74, 6) is 0.777. The molecule has 0 unspecified atom stereocenters. The zero-order chi connectivity index (χ0) is 26.6. The van der Waals surface area contributed by atoms with Gasteiger partial charge in [-0.1, -0.05) is 18.2 Å². The lowest BCUT2D eigenvalue weighted by molar-refractivity contribution is 0.146. The first-order chi connectivity index (χ1) is 18.3. The van der Waals surface area contributed by atoms with Gasteiger partial charge in [0.25, 0.3) is 6.43 Å². The molecule has 3 aliphatic rings. The minimum absolute atomic E-state index is 0.00605. The van der Waals surface area contributed by atoms with E-state index in [1.54, 1.807) is 13.8 Å². The molecule has 2 amide bonds. The SMILES string of the molecule is Cc1nc(N[C@H](C)c2cccc(C(F)F)c2F)c2cc3c(cc2n1)OC[C@H]1CN(C(=O)NC2CC2)CCN31. The van der Waals surface area contributed by atoms with E-state index in [0.717, 1.165) is 24.6 Å². The molecule has 8 nitrogen and oxygen atoms in total. The van der Waals surface area contributed by atoms with Crippen molar-refractivity contribution >= 4 is 28.4 Å². The summed E-state index contributed by atoms with van der Waals surface area (Å²) < 4.78 is 47.5. The van der Waals surface area contributed by atoms with E-state index in [1.807, 2.05) is 17.0 Å². The molecule has 6 rings (SSSR count). The molecule has 0 spiro atoms. The molecule has 2 atom stereocenters. The number of aromatic nitrogens is 2. The lowest BCUT2D eigenvalue weighted by Crippen LogP contribution is -2.60. The highest BCUT2D eigenvalue weighted by molar-refractivity contribution is 5.94. The highest BCUT2D eigenvalue weighted by Gasteiger charge is 2.36. The number of hydrogen-bond donors (Lipinski definition) is 2. The Morgan fingerprint density at radius 3 is 2.71 bits per heavy atom. The van der Waals surface area contributed by atoms with E-state index in [4.69, 9.17) is 4.74 Å². The number of carbonyl (C=O) groups is 1. The van der Waals surface area contributed by atoms with Crippen LogP contribution in [0.1, 0.15) is 49.2 Å². The van der Waals surface area contributed by atoms with Gasteiger partial charge in [0.05, 0.1) is 28.9 Å². The number of carbonyl (C=O) groups excluding carboxylic acids is 1. The molecule has 1 aliphatic carbocycles. The van der Waals surface area contributed by atoms with Gasteiger partial charge in [0.15, 0.2) is 0 Å². The molecule has 3 heterocycles. The maximum absolute atomic E-state index is 14.8. The standard InChI is InChI=1S/C27H29F3N6O2/c1-14(18-4-3-5-19(24(18)28)25(29)30)31-26-20-10-22-23(11-21(20)32-15(2)33-26)38-13-17-12-35(8-9-36(17)22)27(37)34-16-6-7-16/h3-5,10-11,14,16-17,25H,6-9,12-13H2,1-2H3,(H,34,37)(H,31,32,33)/t14-,17-/m1/s1. The number of amides is 2. The number of nitrogens with zero attached hydrogens (tertiary/aromatic N) is 4. The summed E-state index contributed by atoms with van der Waals surface area (Å²) in [6.07, 6.45) is -0.817. The number of anilines is 2. The minimum atomic E-state index is -2.90. The van der Waals surface area contributed by atoms with Crippen LogP contribution >= 0.6 is 0 Å². The van der Waals surface area contributed by atoms with Crippen LogP contribution in [0, 0.1) is 12.7 Å². The Morgan fingerprint density at radius 2 is 1.95 bits per heavy atom. The molecule has 0 bridgehead atoms. The molecule has 38 heavy (non-hydrogen) atoms. The number of nitrogens with one attached hydrogen (secondary N) is 2. The van der Waals surface area contributed by atoms with Crippen LogP contribution in [-0.4, -0.2) is 59.2 Å². The largest absolute Gasteiger partial charge is 0.489 e. The zero-order valence-corrected chi connectivity index (χ0v) is 21.2. The molecule has 0 radical (unpaired) electrons. The smallest absolute Gasteiger partial charge is 0.317 e. The predicted molar refractivity (Wildman–Crippen MR) is 137 cm³/mol. The van der Waals surface area contributed by atoms with Gasteiger partial charge < -0.3 is 25.2 Å². The van der Waals surface area contributed by atoms with Crippen LogP contribution in [0.3, 0.4) is 0 Å². The maximum Gasteiger partial charge on any atom is 0.317 e. The highest BCUT2D eigenvalue weighted by Crippen LogP contribution is 2.40. The van der Waals surface area contributed by atoms with Gasteiger partial charge in [0, 0.05) is 42.7 Å². The van der Waals surface area contributed by atoms with Crippen molar-refractivity contribution in [1.82, 2.24) is 20.2 Å². The van der Waals surface area contributed by atoms with E-state index in [-0.39, 0.29) is 17.6 Å². The fraction of sp³-hybridized carbons (Fsp3) is 0.444. The zero-order valence-electron chi connectivity index (χ0n) is 21.2. The third-order valence-electron chi connectivity index (χ3n) is 7.42. The second kappa shape index (κ2) is 9.52. The number of urea groups is 1. The van der Waals surface area contributed by atoms with Crippen LogP contribution in [0.15, 0.2) is 30.3 Å². The van der Waals surface area contributed by atoms with Crippen molar-refractivity contribution in [2.75, 3.05) is 36.5 Å². The van der Waals surface area contributed by atoms with Gasteiger partial charge in [-0.15, -0.1) is 0 Å². The van der Waals surface area contributed by atoms with E-state index in [9.17, 15) is 18.0 Å². The Morgan fingerprint density at radius 1 is 1.16 bits per heavy atom. The fourth-order valence-corrected chi connectivity index (χ4v) is 5.24. The Hall–Kier alpha value is -3.76.